The Morgan fingerprint density at radius 1 is 0.514 bits per heavy atom. The quantitative estimate of drug-likeness (QED) is 0.290. The van der Waals surface area contributed by atoms with Crippen LogP contribution in [0, 0.1) is 0 Å². The first-order chi connectivity index (χ1) is 17.4. The fraction of sp³-hybridized carbons (Fsp3) is 0.147. The Bertz CT molecular complexity index is 1400. The Kier molecular flexibility index (Phi) is 7.96. The first-order valence-corrected chi connectivity index (χ1v) is 18.8. The Hall–Kier alpha value is -2.32. The van der Waals surface area contributed by atoms with E-state index < -0.39 is 21.0 Å². The van der Waals surface area contributed by atoms with Crippen molar-refractivity contribution in [2.75, 3.05) is 0 Å². The molecule has 1 saturated carbocycles. The van der Waals surface area contributed by atoms with Crippen LogP contribution in [0.1, 0.15) is 48.9 Å². The van der Waals surface area contributed by atoms with Crippen molar-refractivity contribution in [3.8, 4) is 22.3 Å². The van der Waals surface area contributed by atoms with E-state index in [0.29, 0.717) is 7.35 Å². The van der Waals surface area contributed by atoms with E-state index in [9.17, 15) is 0 Å². The molecule has 0 heterocycles. The molecule has 182 valence electrons. The fourth-order valence-corrected chi connectivity index (χ4v) is 20.5. The van der Waals surface area contributed by atoms with Gasteiger partial charge in [-0.25, -0.2) is 0 Å². The van der Waals surface area contributed by atoms with E-state index >= 15 is 0 Å². The average Bonchev–Trinajstić information content (AvgIpc) is 3.52. The molecule has 0 nitrogen and oxygen atoms in total. The molecule has 0 aromatic heterocycles. The summed E-state index contributed by atoms with van der Waals surface area (Å²) in [5.74, 6) is 0. The van der Waals surface area contributed by atoms with Crippen molar-refractivity contribution in [2.24, 2.45) is 0 Å². The summed E-state index contributed by atoms with van der Waals surface area (Å²) in [5.41, 5.74) is 11.5. The van der Waals surface area contributed by atoms with Crippen molar-refractivity contribution in [2.45, 2.75) is 26.6 Å². The molecule has 3 heteroatoms. The molecular formula is C34H28Cl2Hf. The van der Waals surface area contributed by atoms with Crippen LogP contribution in [-0.2, 0) is 21.0 Å². The maximum atomic E-state index is 2.59. The molecule has 7 rings (SSSR count). The Morgan fingerprint density at radius 3 is 1.38 bits per heavy atom. The minimum Gasteiger partial charge on any atom is -1.00 e. The smallest absolute Gasteiger partial charge is 1.00 e. The monoisotopic (exact) mass is 686 g/mol. The maximum absolute atomic E-state index is 2.59. The second kappa shape index (κ2) is 11.2. The van der Waals surface area contributed by atoms with Crippen LogP contribution in [0.3, 0.4) is 0 Å². The van der Waals surface area contributed by atoms with Crippen LogP contribution in [0.5, 0.6) is 0 Å². The molecule has 1 fully saturated rings. The second-order valence-corrected chi connectivity index (χ2v) is 20.2. The van der Waals surface area contributed by atoms with E-state index in [4.69, 9.17) is 0 Å². The molecule has 0 radical (unpaired) electrons. The molecule has 2 unspecified atom stereocenters. The zero-order chi connectivity index (χ0) is 23.2. The van der Waals surface area contributed by atoms with E-state index in [-0.39, 0.29) is 24.8 Å². The number of fused-ring (bicyclic) bond motifs is 2. The molecule has 0 amide bonds. The van der Waals surface area contributed by atoms with Crippen LogP contribution >= 0.6 is 0 Å². The minimum absolute atomic E-state index is 0. The SMILES string of the molecule is C1=C[CH]([Hf+2](=[C]2CCC2)[CH]2C=Cc3c(-c4ccccc4)cccc32)c2cccc(-c3ccccc3)c21.[Cl-].[Cl-]. The predicted molar refractivity (Wildman–Crippen MR) is 146 cm³/mol. The van der Waals surface area contributed by atoms with Gasteiger partial charge in [0, 0.05) is 0 Å². The van der Waals surface area contributed by atoms with E-state index in [0.717, 1.165) is 0 Å². The summed E-state index contributed by atoms with van der Waals surface area (Å²) >= 11 is -2.28. The Labute approximate surface area is 240 Å². The molecule has 4 aromatic rings. The molecule has 0 saturated heterocycles. The van der Waals surface area contributed by atoms with Gasteiger partial charge >= 0.3 is 217 Å². The van der Waals surface area contributed by atoms with E-state index in [2.05, 4.69) is 121 Å². The van der Waals surface area contributed by atoms with Crippen LogP contribution in [0.2, 0.25) is 0 Å². The number of rotatable bonds is 4. The van der Waals surface area contributed by atoms with Gasteiger partial charge in [0.25, 0.3) is 0 Å². The molecule has 2 atom stereocenters. The van der Waals surface area contributed by atoms with Gasteiger partial charge in [0.05, 0.1) is 0 Å². The number of halogens is 2. The summed E-state index contributed by atoms with van der Waals surface area (Å²) in [7, 11) is 0. The summed E-state index contributed by atoms with van der Waals surface area (Å²) in [4.78, 5) is 0. The zero-order valence-corrected chi connectivity index (χ0v) is 25.7. The maximum Gasteiger partial charge on any atom is -1.00 e. The van der Waals surface area contributed by atoms with E-state index in [1.165, 1.54) is 52.6 Å². The van der Waals surface area contributed by atoms with E-state index in [1.807, 2.05) is 3.26 Å². The standard InChI is InChI=1S/2C15H11.C4H6.2ClH.Hf/c2*1-2-6-12(7-3-1)14-10-4-8-13-9-5-11-15(13)14;1-2-4-3-1;;;/h2*1-11H;1-3H2;2*1H;/q;;;;;+2/p-2. The van der Waals surface area contributed by atoms with Crippen LogP contribution in [0.4, 0.5) is 0 Å². The zero-order valence-electron chi connectivity index (χ0n) is 20.6. The van der Waals surface area contributed by atoms with Crippen LogP contribution in [0.15, 0.2) is 109 Å². The fourth-order valence-electron chi connectivity index (χ4n) is 6.23. The molecule has 0 bridgehead atoms. The summed E-state index contributed by atoms with van der Waals surface area (Å²) in [5, 5.41) is 0. The van der Waals surface area contributed by atoms with Gasteiger partial charge in [-0.1, -0.05) is 0 Å². The minimum atomic E-state index is -2.28. The Balaban J connectivity index is 0.00000140. The van der Waals surface area contributed by atoms with Gasteiger partial charge in [0.15, 0.2) is 0 Å². The van der Waals surface area contributed by atoms with E-state index in [1.54, 1.807) is 11.1 Å². The van der Waals surface area contributed by atoms with Gasteiger partial charge < -0.3 is 24.8 Å². The molecule has 4 aromatic carbocycles. The van der Waals surface area contributed by atoms with Crippen molar-refractivity contribution in [3.05, 3.63) is 131 Å². The number of benzene rings is 4. The van der Waals surface area contributed by atoms with Gasteiger partial charge in [-0.15, -0.1) is 0 Å². The molecule has 3 aliphatic rings. The van der Waals surface area contributed by atoms with Gasteiger partial charge in [-0.3, -0.25) is 0 Å². The van der Waals surface area contributed by atoms with Crippen LogP contribution < -0.4 is 24.8 Å². The van der Waals surface area contributed by atoms with Gasteiger partial charge in [0.2, 0.25) is 0 Å². The van der Waals surface area contributed by atoms with Crippen molar-refractivity contribution in [3.63, 3.8) is 0 Å². The Morgan fingerprint density at radius 2 is 0.973 bits per heavy atom. The third kappa shape index (κ3) is 4.60. The topological polar surface area (TPSA) is 0 Å². The number of hydrogen-bond donors (Lipinski definition) is 0. The molecule has 0 N–H and O–H groups in total. The molecule has 37 heavy (non-hydrogen) atoms. The predicted octanol–water partition coefficient (Wildman–Crippen LogP) is 2.84. The summed E-state index contributed by atoms with van der Waals surface area (Å²) in [6.45, 7) is 0. The molecular weight excluding hydrogens is 658 g/mol. The third-order valence-electron chi connectivity index (χ3n) is 8.07. The normalized spacial score (nSPS) is 18.1. The molecule has 0 aliphatic heterocycles. The largest absolute Gasteiger partial charge is 1.00 e. The molecule has 0 spiro atoms. The number of hydrogen-bond acceptors (Lipinski definition) is 0. The van der Waals surface area contributed by atoms with Crippen molar-refractivity contribution >= 4 is 15.4 Å². The van der Waals surface area contributed by atoms with Crippen molar-refractivity contribution in [1.82, 2.24) is 0 Å². The summed E-state index contributed by atoms with van der Waals surface area (Å²) < 4.78 is 3.26. The van der Waals surface area contributed by atoms with Gasteiger partial charge in [0.1, 0.15) is 0 Å². The average molecular weight is 686 g/mol. The summed E-state index contributed by atoms with van der Waals surface area (Å²) in [6, 6.07) is 35.9. The van der Waals surface area contributed by atoms with Crippen LogP contribution in [0.25, 0.3) is 34.4 Å². The summed E-state index contributed by atoms with van der Waals surface area (Å²) in [6.07, 6.45) is 14.2. The molecule has 3 aliphatic carbocycles. The first kappa shape index (κ1) is 26.3. The third-order valence-corrected chi connectivity index (χ3v) is 21.2. The second-order valence-electron chi connectivity index (χ2n) is 9.94. The van der Waals surface area contributed by atoms with Gasteiger partial charge in [-0.2, -0.15) is 0 Å². The first-order valence-electron chi connectivity index (χ1n) is 12.8. The van der Waals surface area contributed by atoms with Gasteiger partial charge in [-0.05, 0) is 0 Å². The van der Waals surface area contributed by atoms with Crippen molar-refractivity contribution < 1.29 is 45.8 Å². The van der Waals surface area contributed by atoms with Crippen molar-refractivity contribution in [1.29, 1.82) is 0 Å². The number of allylic oxidation sites excluding steroid dienone is 2. The van der Waals surface area contributed by atoms with Crippen LogP contribution in [-0.4, -0.2) is 3.26 Å².